The first-order valence-electron chi connectivity index (χ1n) is 3.52. The van der Waals surface area contributed by atoms with Gasteiger partial charge < -0.3 is 11.2 Å². The van der Waals surface area contributed by atoms with Crippen molar-refractivity contribution in [3.63, 3.8) is 0 Å². The minimum Gasteiger partial charge on any atom is -0.391 e. The van der Waals surface area contributed by atoms with Gasteiger partial charge in [-0.1, -0.05) is 0 Å². The third kappa shape index (κ3) is 1.18. The van der Waals surface area contributed by atoms with Gasteiger partial charge in [-0.2, -0.15) is 0 Å². The predicted molar refractivity (Wildman–Crippen MR) is 49.1 cm³/mol. The summed E-state index contributed by atoms with van der Waals surface area (Å²) in [6, 6.07) is 0. The van der Waals surface area contributed by atoms with Gasteiger partial charge in [0.2, 0.25) is 0 Å². The molecule has 0 aliphatic rings. The summed E-state index contributed by atoms with van der Waals surface area (Å²) in [5.74, 6) is 5.22. The molecule has 5 N–H and O–H groups in total. The molecule has 72 valence electrons. The number of nitrogens with two attached hydrogens (primary N) is 2. The van der Waals surface area contributed by atoms with Crippen LogP contribution in [0.3, 0.4) is 0 Å². The highest BCUT2D eigenvalue weighted by molar-refractivity contribution is 5.59. The molecule has 0 bridgehead atoms. The molecule has 0 saturated carbocycles. The van der Waals surface area contributed by atoms with Crippen molar-refractivity contribution < 1.29 is 0 Å². The summed E-state index contributed by atoms with van der Waals surface area (Å²) in [5, 5.41) is 0. The lowest BCUT2D eigenvalue weighted by Crippen LogP contribution is -2.40. The third-order valence-electron chi connectivity index (χ3n) is 1.84. The molecular formula is C6H11N5O2. The summed E-state index contributed by atoms with van der Waals surface area (Å²) < 4.78 is 2.08. The lowest BCUT2D eigenvalue weighted by Gasteiger charge is -2.10. The number of nitrogens with zero attached hydrogens (tertiary/aromatic N) is 2. The molecule has 1 heterocycles. The highest BCUT2D eigenvalue weighted by Crippen LogP contribution is 2.06. The maximum atomic E-state index is 11.3. The summed E-state index contributed by atoms with van der Waals surface area (Å²) >= 11 is 0. The van der Waals surface area contributed by atoms with E-state index >= 15 is 0 Å². The minimum atomic E-state index is -0.559. The SMILES string of the molecule is Cn1c(NN)c(N)c(=O)n(C)c1=O. The van der Waals surface area contributed by atoms with Crippen LogP contribution in [0.4, 0.5) is 11.5 Å². The predicted octanol–water partition coefficient (Wildman–Crippen LogP) is -2.05. The first-order chi connectivity index (χ1) is 6.00. The van der Waals surface area contributed by atoms with Crippen molar-refractivity contribution >= 4 is 11.5 Å². The lowest BCUT2D eigenvalue weighted by molar-refractivity contribution is 0.694. The number of nitrogens with one attached hydrogen (secondary N) is 1. The summed E-state index contributed by atoms with van der Waals surface area (Å²) in [6.07, 6.45) is 0. The number of nitrogen functional groups attached to an aromatic ring is 2. The van der Waals surface area contributed by atoms with Crippen LogP contribution in [0.2, 0.25) is 0 Å². The van der Waals surface area contributed by atoms with E-state index in [9.17, 15) is 9.59 Å². The van der Waals surface area contributed by atoms with Gasteiger partial charge in [0.25, 0.3) is 5.56 Å². The Morgan fingerprint density at radius 3 is 2.23 bits per heavy atom. The average molecular weight is 185 g/mol. The van der Waals surface area contributed by atoms with Crippen molar-refractivity contribution in [3.8, 4) is 0 Å². The molecular weight excluding hydrogens is 174 g/mol. The van der Waals surface area contributed by atoms with Crippen LogP contribution in [0, 0.1) is 0 Å². The van der Waals surface area contributed by atoms with Crippen LogP contribution in [0.15, 0.2) is 9.59 Å². The summed E-state index contributed by atoms with van der Waals surface area (Å²) in [5.41, 5.74) is 6.51. The van der Waals surface area contributed by atoms with E-state index in [0.717, 1.165) is 9.13 Å². The van der Waals surface area contributed by atoms with Crippen molar-refractivity contribution in [1.29, 1.82) is 0 Å². The molecule has 7 heteroatoms. The minimum absolute atomic E-state index is 0.0768. The molecule has 0 aromatic carbocycles. The topological polar surface area (TPSA) is 108 Å². The van der Waals surface area contributed by atoms with Crippen LogP contribution in [0.5, 0.6) is 0 Å². The van der Waals surface area contributed by atoms with Gasteiger partial charge in [-0.3, -0.25) is 13.9 Å². The standard InChI is InChI=1S/C6H11N5O2/c1-10-4(9-8)3(7)5(12)11(2)6(10)13/h9H,7-8H2,1-2H3. The van der Waals surface area contributed by atoms with Crippen LogP contribution in [-0.4, -0.2) is 9.13 Å². The number of hydrazine groups is 1. The normalized spacial score (nSPS) is 10.1. The fourth-order valence-electron chi connectivity index (χ4n) is 1.04. The molecule has 0 aliphatic carbocycles. The number of hydrogen-bond donors (Lipinski definition) is 3. The van der Waals surface area contributed by atoms with Gasteiger partial charge in [-0.05, 0) is 0 Å². The Hall–Kier alpha value is -1.76. The van der Waals surface area contributed by atoms with E-state index in [0.29, 0.717) is 0 Å². The van der Waals surface area contributed by atoms with E-state index in [1.54, 1.807) is 0 Å². The maximum absolute atomic E-state index is 11.3. The molecule has 0 unspecified atom stereocenters. The molecule has 0 amide bonds. The van der Waals surface area contributed by atoms with E-state index in [1.807, 2.05) is 0 Å². The average Bonchev–Trinajstić information content (AvgIpc) is 2.13. The number of rotatable bonds is 1. The van der Waals surface area contributed by atoms with Crippen LogP contribution in [-0.2, 0) is 14.1 Å². The Labute approximate surface area is 73.5 Å². The van der Waals surface area contributed by atoms with Crippen LogP contribution in [0.1, 0.15) is 0 Å². The monoisotopic (exact) mass is 185 g/mol. The summed E-state index contributed by atoms with van der Waals surface area (Å²) in [7, 11) is 2.81. The molecule has 0 spiro atoms. The fraction of sp³-hybridized carbons (Fsp3) is 0.333. The molecule has 0 atom stereocenters. The molecule has 0 radical (unpaired) electrons. The maximum Gasteiger partial charge on any atom is 0.332 e. The first kappa shape index (κ1) is 9.33. The van der Waals surface area contributed by atoms with Crippen molar-refractivity contribution in [2.24, 2.45) is 19.9 Å². The van der Waals surface area contributed by atoms with Gasteiger partial charge in [-0.15, -0.1) is 0 Å². The molecule has 1 aromatic heterocycles. The molecule has 1 rings (SSSR count). The highest BCUT2D eigenvalue weighted by Gasteiger charge is 2.10. The lowest BCUT2D eigenvalue weighted by atomic mass is 10.4. The smallest absolute Gasteiger partial charge is 0.332 e. The number of aromatic nitrogens is 2. The summed E-state index contributed by atoms with van der Waals surface area (Å²) in [6.45, 7) is 0. The van der Waals surface area contributed by atoms with Gasteiger partial charge in [0.15, 0.2) is 5.82 Å². The molecule has 0 aliphatic heterocycles. The second-order valence-electron chi connectivity index (χ2n) is 2.61. The number of hydrogen-bond acceptors (Lipinski definition) is 5. The first-order valence-corrected chi connectivity index (χ1v) is 3.52. The Morgan fingerprint density at radius 2 is 1.77 bits per heavy atom. The van der Waals surface area contributed by atoms with E-state index in [1.165, 1.54) is 14.1 Å². The van der Waals surface area contributed by atoms with Crippen LogP contribution < -0.4 is 28.3 Å². The van der Waals surface area contributed by atoms with Gasteiger partial charge in [0.05, 0.1) is 0 Å². The third-order valence-corrected chi connectivity index (χ3v) is 1.84. The Kier molecular flexibility index (Phi) is 2.11. The van der Waals surface area contributed by atoms with Crippen molar-refractivity contribution in [1.82, 2.24) is 9.13 Å². The van der Waals surface area contributed by atoms with Crippen molar-refractivity contribution in [2.45, 2.75) is 0 Å². The quantitative estimate of drug-likeness (QED) is 0.345. The zero-order valence-electron chi connectivity index (χ0n) is 7.37. The van der Waals surface area contributed by atoms with E-state index in [4.69, 9.17) is 11.6 Å². The Bertz CT molecular complexity index is 406. The fourth-order valence-corrected chi connectivity index (χ4v) is 1.04. The van der Waals surface area contributed by atoms with E-state index in [-0.39, 0.29) is 11.5 Å². The zero-order valence-corrected chi connectivity index (χ0v) is 7.37. The highest BCUT2D eigenvalue weighted by atomic mass is 16.2. The van der Waals surface area contributed by atoms with Gasteiger partial charge in [-0.25, -0.2) is 10.6 Å². The van der Waals surface area contributed by atoms with Crippen LogP contribution in [0.25, 0.3) is 0 Å². The van der Waals surface area contributed by atoms with Crippen molar-refractivity contribution in [2.75, 3.05) is 11.2 Å². The van der Waals surface area contributed by atoms with E-state index in [2.05, 4.69) is 5.43 Å². The van der Waals surface area contributed by atoms with Gasteiger partial charge in [0, 0.05) is 14.1 Å². The van der Waals surface area contributed by atoms with E-state index < -0.39 is 11.2 Å². The zero-order chi connectivity index (χ0) is 10.2. The molecule has 0 saturated heterocycles. The summed E-state index contributed by atoms with van der Waals surface area (Å²) in [4.78, 5) is 22.5. The molecule has 0 fully saturated rings. The largest absolute Gasteiger partial charge is 0.391 e. The molecule has 7 nitrogen and oxygen atoms in total. The molecule has 13 heavy (non-hydrogen) atoms. The Morgan fingerprint density at radius 1 is 1.23 bits per heavy atom. The van der Waals surface area contributed by atoms with Crippen molar-refractivity contribution in [3.05, 3.63) is 20.8 Å². The second-order valence-corrected chi connectivity index (χ2v) is 2.61. The Balaban J connectivity index is 3.78. The molecule has 1 aromatic rings. The second kappa shape index (κ2) is 2.94. The van der Waals surface area contributed by atoms with Gasteiger partial charge >= 0.3 is 5.69 Å². The number of anilines is 2. The van der Waals surface area contributed by atoms with Gasteiger partial charge in [0.1, 0.15) is 5.69 Å². The van der Waals surface area contributed by atoms with Crippen LogP contribution >= 0.6 is 0 Å².